The predicted molar refractivity (Wildman–Crippen MR) is 140 cm³/mol. The first-order chi connectivity index (χ1) is 15.6. The first-order valence-corrected chi connectivity index (χ1v) is 15.0. The average Bonchev–Trinajstić information content (AvgIpc) is 2.74. The van der Waals surface area contributed by atoms with Gasteiger partial charge in [0.15, 0.2) is 0 Å². The maximum absolute atomic E-state index is 14.5. The van der Waals surface area contributed by atoms with E-state index >= 15 is 0 Å². The van der Waals surface area contributed by atoms with Crippen LogP contribution in [0.2, 0.25) is 0 Å². The van der Waals surface area contributed by atoms with Crippen LogP contribution < -0.4 is 15.1 Å². The van der Waals surface area contributed by atoms with Crippen LogP contribution in [0.1, 0.15) is 55.7 Å². The number of pyridine rings is 1. The summed E-state index contributed by atoms with van der Waals surface area (Å²) in [4.78, 5) is 17.1. The molecule has 2 atom stereocenters. The third kappa shape index (κ3) is 5.93. The van der Waals surface area contributed by atoms with Crippen LogP contribution in [0.3, 0.4) is 0 Å². The molecule has 178 valence electrons. The zero-order chi connectivity index (χ0) is 24.3. The van der Waals surface area contributed by atoms with Gasteiger partial charge in [-0.15, -0.1) is 0 Å². The van der Waals surface area contributed by atoms with Crippen molar-refractivity contribution in [1.29, 1.82) is 5.41 Å². The highest BCUT2D eigenvalue weighted by molar-refractivity contribution is 14.2. The fourth-order valence-corrected chi connectivity index (χ4v) is 5.15. The van der Waals surface area contributed by atoms with Gasteiger partial charge in [0, 0.05) is 18.2 Å². The van der Waals surface area contributed by atoms with Crippen LogP contribution >= 0.6 is 44.3 Å². The number of anilines is 2. The second-order valence-electron chi connectivity index (χ2n) is 8.24. The first-order valence-electron chi connectivity index (χ1n) is 10.0. The topological polar surface area (TPSA) is 117 Å². The number of carbonyl (C=O) groups excluding carboxylic acids is 1. The van der Waals surface area contributed by atoms with Crippen LogP contribution in [0.5, 0.6) is 5.75 Å². The van der Waals surface area contributed by atoms with Crippen molar-refractivity contribution in [2.75, 3.05) is 17.0 Å². The van der Waals surface area contributed by atoms with Crippen LogP contribution in [0.15, 0.2) is 16.7 Å². The summed E-state index contributed by atoms with van der Waals surface area (Å²) in [5.41, 5.74) is 0.940. The maximum atomic E-state index is 14.5. The summed E-state index contributed by atoms with van der Waals surface area (Å²) >= 11 is 5.46. The number of aromatic nitrogens is 1. The van der Waals surface area contributed by atoms with E-state index < -0.39 is 23.6 Å². The molecule has 0 fully saturated rings. The quantitative estimate of drug-likeness (QED) is 0.130. The molecule has 12 heteroatoms. The molecular formula is C21H24BrFIN4O4P. The molecular weight excluding hydrogens is 629 g/mol. The number of hydrogen-bond acceptors (Lipinski definition) is 7. The van der Waals surface area contributed by atoms with E-state index in [0.29, 0.717) is 29.1 Å². The summed E-state index contributed by atoms with van der Waals surface area (Å²) in [7, 11) is 0. The smallest absolute Gasteiger partial charge is 0.412 e. The Kier molecular flexibility index (Phi) is 8.52. The fourth-order valence-electron chi connectivity index (χ4n) is 3.47. The molecule has 0 spiro atoms. The van der Waals surface area contributed by atoms with Gasteiger partial charge in [0.2, 0.25) is 0 Å². The molecule has 0 bridgehead atoms. The van der Waals surface area contributed by atoms with Crippen LogP contribution in [0.25, 0.3) is 0 Å². The van der Waals surface area contributed by atoms with Gasteiger partial charge in [-0.25, -0.2) is 14.2 Å². The minimum Gasteiger partial charge on any atom is -0.491 e. The third-order valence-electron chi connectivity index (χ3n) is 4.76. The first kappa shape index (κ1) is 26.1. The van der Waals surface area contributed by atoms with E-state index in [2.05, 4.69) is 53.4 Å². The zero-order valence-electron chi connectivity index (χ0n) is 18.2. The Morgan fingerprint density at radius 1 is 1.45 bits per heavy atom. The number of aryl methyl sites for hydroxylation is 1. The molecule has 3 rings (SSSR count). The Morgan fingerprint density at radius 2 is 2.18 bits per heavy atom. The minimum atomic E-state index is -1.35. The molecule has 0 saturated carbocycles. The van der Waals surface area contributed by atoms with Crippen molar-refractivity contribution < 1.29 is 23.8 Å². The number of hydrogen-bond donors (Lipinski definition) is 4. The van der Waals surface area contributed by atoms with Gasteiger partial charge in [0.05, 0.1) is 29.2 Å². The Hall–Kier alpha value is -1.56. The number of fused-ring (bicyclic) bond motifs is 1. The Balaban J connectivity index is 2.19. The fraction of sp³-hybridized carbons (Fsp3) is 0.381. The summed E-state index contributed by atoms with van der Waals surface area (Å²) in [5.74, 6) is -0.177. The summed E-state index contributed by atoms with van der Waals surface area (Å²) in [6.07, 6.45) is 0.458. The van der Waals surface area contributed by atoms with Crippen LogP contribution in [0.4, 0.5) is 20.6 Å². The van der Waals surface area contributed by atoms with E-state index in [1.165, 1.54) is 12.1 Å². The monoisotopic (exact) mass is 652 g/mol. The molecule has 2 aromatic rings. The predicted octanol–water partition coefficient (Wildman–Crippen LogP) is 6.09. The van der Waals surface area contributed by atoms with Gasteiger partial charge in [0.1, 0.15) is 27.9 Å². The molecule has 2 heterocycles. The molecule has 0 radical (unpaired) electrons. The molecule has 1 aliphatic heterocycles. The lowest BCUT2D eigenvalue weighted by Gasteiger charge is -2.27. The molecule has 2 unspecified atom stereocenters. The van der Waals surface area contributed by atoms with Crippen molar-refractivity contribution in [2.24, 2.45) is 0 Å². The normalized spacial score (nSPS) is 14.4. The Bertz CT molecular complexity index is 1080. The number of carbonyl (C=O) groups is 1. The molecule has 8 nitrogen and oxygen atoms in total. The van der Waals surface area contributed by atoms with E-state index in [0.717, 1.165) is 12.6 Å². The number of aliphatic hydroxyl groups excluding tert-OH is 1. The summed E-state index contributed by atoms with van der Waals surface area (Å²) in [6.45, 7) is 5.64. The van der Waals surface area contributed by atoms with Crippen LogP contribution in [0, 0.1) is 11.2 Å². The Morgan fingerprint density at radius 3 is 2.82 bits per heavy atom. The standard InChI is InChI=1S/C21H24BrFIN4O4P/c1-21(2,3)32-20(30)27-16-14(18-13(26-19(16)22)5-4-8-31-18)17(29)10-6-7-12(23)15(28-33-24)11(10)9-25/h6-7,9,17,25,28-29,33H,4-5,8H2,1-3H3,(H,27,30). The van der Waals surface area contributed by atoms with Gasteiger partial charge in [-0.3, -0.25) is 5.32 Å². The van der Waals surface area contributed by atoms with E-state index in [1.807, 2.05) is 0 Å². The number of halogens is 3. The minimum absolute atomic E-state index is 0.124. The largest absolute Gasteiger partial charge is 0.491 e. The van der Waals surface area contributed by atoms with Crippen molar-refractivity contribution in [1.82, 2.24) is 4.98 Å². The SMILES string of the molecule is CC(C)(C)OC(=O)Nc1c(Br)nc2c(c1C(O)c1ccc(F)c(NPI)c1C=N)OCCC2. The molecule has 0 saturated heterocycles. The molecule has 1 amide bonds. The number of benzene rings is 1. The number of nitrogens with one attached hydrogen (secondary N) is 3. The van der Waals surface area contributed by atoms with E-state index in [4.69, 9.17) is 14.9 Å². The third-order valence-corrected chi connectivity index (χ3v) is 6.49. The van der Waals surface area contributed by atoms with Crippen LogP contribution in [-0.2, 0) is 11.2 Å². The molecule has 33 heavy (non-hydrogen) atoms. The lowest BCUT2D eigenvalue weighted by molar-refractivity contribution is 0.0635. The van der Waals surface area contributed by atoms with E-state index in [-0.39, 0.29) is 34.4 Å². The van der Waals surface area contributed by atoms with Gasteiger partial charge in [-0.05, 0) is 83.2 Å². The van der Waals surface area contributed by atoms with Crippen molar-refractivity contribution in [2.45, 2.75) is 45.3 Å². The molecule has 1 aromatic carbocycles. The lowest BCUT2D eigenvalue weighted by atomic mass is 9.93. The van der Waals surface area contributed by atoms with Gasteiger partial charge >= 0.3 is 6.09 Å². The number of amides is 1. The summed E-state index contributed by atoms with van der Waals surface area (Å²) in [6, 6.07) is 2.65. The van der Waals surface area contributed by atoms with Gasteiger partial charge in [-0.1, -0.05) is 6.07 Å². The van der Waals surface area contributed by atoms with Gasteiger partial charge in [-0.2, -0.15) is 0 Å². The Labute approximate surface area is 214 Å². The van der Waals surface area contributed by atoms with Crippen molar-refractivity contribution in [3.8, 4) is 5.75 Å². The van der Waals surface area contributed by atoms with Gasteiger partial charge in [0.25, 0.3) is 0 Å². The second-order valence-corrected chi connectivity index (χ2v) is 11.0. The van der Waals surface area contributed by atoms with Crippen molar-refractivity contribution in [3.05, 3.63) is 44.9 Å². The molecule has 1 aromatic heterocycles. The zero-order valence-corrected chi connectivity index (χ0v) is 22.9. The molecule has 0 aliphatic carbocycles. The van der Waals surface area contributed by atoms with Crippen molar-refractivity contribution >= 4 is 68.0 Å². The van der Waals surface area contributed by atoms with Crippen LogP contribution in [-0.4, -0.2) is 34.6 Å². The molecule has 4 N–H and O–H groups in total. The second kappa shape index (κ2) is 10.8. The highest BCUT2D eigenvalue weighted by Gasteiger charge is 2.31. The highest BCUT2D eigenvalue weighted by Crippen LogP contribution is 2.45. The average molecular weight is 653 g/mol. The molecule has 1 aliphatic rings. The number of aliphatic hydroxyl groups is 1. The van der Waals surface area contributed by atoms with E-state index in [1.54, 1.807) is 20.8 Å². The maximum Gasteiger partial charge on any atom is 0.412 e. The van der Waals surface area contributed by atoms with Crippen molar-refractivity contribution in [3.63, 3.8) is 0 Å². The summed E-state index contributed by atoms with van der Waals surface area (Å²) in [5, 5.41) is 25.0. The van der Waals surface area contributed by atoms with Gasteiger partial charge < -0.3 is 25.1 Å². The number of rotatable bonds is 6. The number of ether oxygens (including phenoxy) is 2. The lowest BCUT2D eigenvalue weighted by Crippen LogP contribution is -2.28. The van der Waals surface area contributed by atoms with E-state index in [9.17, 15) is 14.3 Å². The highest BCUT2D eigenvalue weighted by atomic mass is 127. The summed E-state index contributed by atoms with van der Waals surface area (Å²) < 4.78 is 26.0. The number of nitrogens with zero attached hydrogens (tertiary/aromatic N) is 1.